The predicted molar refractivity (Wildman–Crippen MR) is 105 cm³/mol. The summed E-state index contributed by atoms with van der Waals surface area (Å²) in [6, 6.07) is 12.7. The summed E-state index contributed by atoms with van der Waals surface area (Å²) in [5.74, 6) is -0.306. The first-order valence-corrected chi connectivity index (χ1v) is 9.00. The maximum atomic E-state index is 12.4. The van der Waals surface area contributed by atoms with E-state index in [2.05, 4.69) is 34.3 Å². The first kappa shape index (κ1) is 18.8. The Labute approximate surface area is 158 Å². The Kier molecular flexibility index (Phi) is 5.71. The molecular weight excluding hydrogens is 344 g/mol. The van der Waals surface area contributed by atoms with Gasteiger partial charge >= 0.3 is 0 Å². The molecule has 0 aliphatic carbocycles. The number of nitrogens with zero attached hydrogens (tertiary/aromatic N) is 3. The summed E-state index contributed by atoms with van der Waals surface area (Å²) in [5.41, 5.74) is 2.85. The average Bonchev–Trinajstić information content (AvgIpc) is 2.67. The second-order valence-corrected chi connectivity index (χ2v) is 6.85. The van der Waals surface area contributed by atoms with Crippen LogP contribution >= 0.6 is 0 Å². The van der Waals surface area contributed by atoms with Crippen molar-refractivity contribution < 1.29 is 9.72 Å². The maximum absolute atomic E-state index is 12.4. The fraction of sp³-hybridized carbons (Fsp3) is 0.350. The summed E-state index contributed by atoms with van der Waals surface area (Å²) >= 11 is 0. The summed E-state index contributed by atoms with van der Waals surface area (Å²) in [5, 5.41) is 13.9. The molecule has 142 valence electrons. The molecule has 1 saturated heterocycles. The maximum Gasteiger partial charge on any atom is 0.273 e. The normalized spacial score (nSPS) is 14.8. The topological polar surface area (TPSA) is 78.7 Å². The van der Waals surface area contributed by atoms with Crippen molar-refractivity contribution in [3.63, 3.8) is 0 Å². The number of nitro groups is 1. The number of amides is 1. The van der Waals surface area contributed by atoms with E-state index < -0.39 is 4.92 Å². The van der Waals surface area contributed by atoms with Gasteiger partial charge in [-0.3, -0.25) is 14.9 Å². The van der Waals surface area contributed by atoms with Gasteiger partial charge in [0.1, 0.15) is 0 Å². The lowest BCUT2D eigenvalue weighted by molar-refractivity contribution is -0.385. The van der Waals surface area contributed by atoms with Crippen molar-refractivity contribution in [3.8, 4) is 0 Å². The lowest BCUT2D eigenvalue weighted by Gasteiger charge is -2.34. The van der Waals surface area contributed by atoms with Crippen LogP contribution in [0, 0.1) is 17.0 Å². The van der Waals surface area contributed by atoms with Crippen molar-refractivity contribution in [1.29, 1.82) is 0 Å². The van der Waals surface area contributed by atoms with Crippen molar-refractivity contribution in [2.45, 2.75) is 13.5 Å². The minimum Gasteiger partial charge on any atom is -0.369 e. The van der Waals surface area contributed by atoms with Gasteiger partial charge in [0.25, 0.3) is 11.6 Å². The molecule has 1 fully saturated rings. The first-order chi connectivity index (χ1) is 13.0. The molecule has 1 aliphatic rings. The van der Waals surface area contributed by atoms with Crippen LogP contribution in [-0.4, -0.2) is 49.0 Å². The highest BCUT2D eigenvalue weighted by Crippen LogP contribution is 2.21. The van der Waals surface area contributed by atoms with Crippen molar-refractivity contribution in [2.24, 2.45) is 0 Å². The molecule has 3 rings (SSSR count). The number of anilines is 1. The van der Waals surface area contributed by atoms with Crippen LogP contribution in [0.5, 0.6) is 0 Å². The summed E-state index contributed by atoms with van der Waals surface area (Å²) in [4.78, 5) is 27.6. The van der Waals surface area contributed by atoms with Gasteiger partial charge in [-0.15, -0.1) is 0 Å². The zero-order valence-electron chi connectivity index (χ0n) is 15.6. The molecule has 1 N–H and O–H groups in total. The Bertz CT molecular complexity index is 828. The lowest BCUT2D eigenvalue weighted by Crippen LogP contribution is -2.44. The van der Waals surface area contributed by atoms with Gasteiger partial charge in [-0.2, -0.15) is 0 Å². The monoisotopic (exact) mass is 368 g/mol. The number of nitrogens with one attached hydrogen (secondary N) is 1. The molecular formula is C20H24N4O3. The molecule has 2 aromatic rings. The number of likely N-dealkylation sites (N-methyl/N-ethyl adjacent to an activating group) is 1. The van der Waals surface area contributed by atoms with Gasteiger partial charge in [0.15, 0.2) is 0 Å². The molecule has 0 bridgehead atoms. The van der Waals surface area contributed by atoms with Gasteiger partial charge in [0.05, 0.1) is 4.92 Å². The second-order valence-electron chi connectivity index (χ2n) is 6.85. The predicted octanol–water partition coefficient (Wildman–Crippen LogP) is 2.59. The highest BCUT2D eigenvalue weighted by molar-refractivity contribution is 5.96. The quantitative estimate of drug-likeness (QED) is 0.648. The number of nitro benzene ring substituents is 1. The Hall–Kier alpha value is -2.93. The molecule has 0 spiro atoms. The number of carbonyl (C=O) groups excluding carboxylic acids is 1. The molecule has 0 radical (unpaired) electrons. The zero-order chi connectivity index (χ0) is 19.4. The van der Waals surface area contributed by atoms with Crippen molar-refractivity contribution in [2.75, 3.05) is 38.1 Å². The molecule has 27 heavy (non-hydrogen) atoms. The van der Waals surface area contributed by atoms with Gasteiger partial charge in [-0.05, 0) is 37.7 Å². The summed E-state index contributed by atoms with van der Waals surface area (Å²) < 4.78 is 0. The molecule has 7 heteroatoms. The smallest absolute Gasteiger partial charge is 0.273 e. The Balaban J connectivity index is 1.61. The summed E-state index contributed by atoms with van der Waals surface area (Å²) in [7, 11) is 2.13. The molecule has 0 aromatic heterocycles. The van der Waals surface area contributed by atoms with Gasteiger partial charge in [0, 0.05) is 55.6 Å². The highest BCUT2D eigenvalue weighted by atomic mass is 16.6. The minimum absolute atomic E-state index is 0.0424. The van der Waals surface area contributed by atoms with Crippen LogP contribution in [-0.2, 0) is 6.54 Å². The van der Waals surface area contributed by atoms with Gasteiger partial charge in [-0.25, -0.2) is 0 Å². The van der Waals surface area contributed by atoms with Crippen LogP contribution in [0.2, 0.25) is 0 Å². The van der Waals surface area contributed by atoms with E-state index in [1.807, 2.05) is 12.1 Å². The van der Waals surface area contributed by atoms with Crippen LogP contribution in [0.3, 0.4) is 0 Å². The molecule has 1 heterocycles. The van der Waals surface area contributed by atoms with E-state index in [0.717, 1.165) is 31.7 Å². The summed E-state index contributed by atoms with van der Waals surface area (Å²) in [6.07, 6.45) is 0. The number of rotatable bonds is 5. The van der Waals surface area contributed by atoms with E-state index in [-0.39, 0.29) is 11.6 Å². The molecule has 2 aromatic carbocycles. The highest BCUT2D eigenvalue weighted by Gasteiger charge is 2.18. The van der Waals surface area contributed by atoms with Crippen molar-refractivity contribution in [3.05, 3.63) is 69.3 Å². The van der Waals surface area contributed by atoms with Crippen LogP contribution < -0.4 is 10.2 Å². The average molecular weight is 368 g/mol. The van der Waals surface area contributed by atoms with E-state index in [1.165, 1.54) is 17.8 Å². The molecule has 7 nitrogen and oxygen atoms in total. The third kappa shape index (κ3) is 4.43. The Morgan fingerprint density at radius 3 is 2.41 bits per heavy atom. The largest absolute Gasteiger partial charge is 0.369 e. The van der Waals surface area contributed by atoms with E-state index >= 15 is 0 Å². The third-order valence-corrected chi connectivity index (χ3v) is 5.00. The molecule has 0 unspecified atom stereocenters. The van der Waals surface area contributed by atoms with Crippen LogP contribution in [0.4, 0.5) is 11.4 Å². The number of benzene rings is 2. The van der Waals surface area contributed by atoms with Crippen molar-refractivity contribution >= 4 is 17.3 Å². The van der Waals surface area contributed by atoms with E-state index in [4.69, 9.17) is 0 Å². The molecule has 0 saturated carbocycles. The molecule has 1 aliphatic heterocycles. The third-order valence-electron chi connectivity index (χ3n) is 5.00. The number of hydrogen-bond donors (Lipinski definition) is 1. The molecule has 0 atom stereocenters. The lowest BCUT2D eigenvalue weighted by atomic mass is 10.1. The van der Waals surface area contributed by atoms with Gasteiger partial charge in [-0.1, -0.05) is 18.2 Å². The van der Waals surface area contributed by atoms with E-state index in [9.17, 15) is 14.9 Å². The fourth-order valence-corrected chi connectivity index (χ4v) is 3.23. The van der Waals surface area contributed by atoms with E-state index in [1.54, 1.807) is 13.0 Å². The van der Waals surface area contributed by atoms with Crippen molar-refractivity contribution in [1.82, 2.24) is 10.2 Å². The number of piperazine rings is 1. The molecule has 1 amide bonds. The van der Waals surface area contributed by atoms with Crippen LogP contribution in [0.1, 0.15) is 21.5 Å². The SMILES string of the molecule is Cc1c(C(=O)NCc2ccc(N3CCN(C)CC3)cc2)cccc1[N+](=O)[O-]. The first-order valence-electron chi connectivity index (χ1n) is 9.00. The standard InChI is InChI=1S/C20H24N4O3/c1-15-18(4-3-5-19(15)24(26)27)20(25)21-14-16-6-8-17(9-7-16)23-12-10-22(2)11-13-23/h3-9H,10-14H2,1-2H3,(H,21,25). The van der Waals surface area contributed by atoms with E-state index in [0.29, 0.717) is 17.7 Å². The Morgan fingerprint density at radius 2 is 1.78 bits per heavy atom. The van der Waals surface area contributed by atoms with Crippen LogP contribution in [0.25, 0.3) is 0 Å². The zero-order valence-corrected chi connectivity index (χ0v) is 15.6. The van der Waals surface area contributed by atoms with Crippen LogP contribution in [0.15, 0.2) is 42.5 Å². The fourth-order valence-electron chi connectivity index (χ4n) is 3.23. The second kappa shape index (κ2) is 8.18. The summed E-state index contributed by atoms with van der Waals surface area (Å²) in [6.45, 7) is 6.11. The minimum atomic E-state index is -0.469. The number of hydrogen-bond acceptors (Lipinski definition) is 5. The van der Waals surface area contributed by atoms with Gasteiger partial charge < -0.3 is 15.1 Å². The van der Waals surface area contributed by atoms with Gasteiger partial charge in [0.2, 0.25) is 0 Å². The number of carbonyl (C=O) groups is 1. The Morgan fingerprint density at radius 1 is 1.11 bits per heavy atom.